The number of imide groups is 1. The highest BCUT2D eigenvalue weighted by Crippen LogP contribution is 2.27. The molecule has 5 nitrogen and oxygen atoms in total. The van der Waals surface area contributed by atoms with E-state index in [1.165, 1.54) is 11.3 Å². The SMILES string of the molecule is O=C1NC(=O)c2ccc(Br)cc2/C1=C/NCc1ccc2c(c1)NCC2. The Morgan fingerprint density at radius 1 is 1.08 bits per heavy atom. The zero-order valence-electron chi connectivity index (χ0n) is 13.4. The Morgan fingerprint density at radius 2 is 1.96 bits per heavy atom. The molecule has 25 heavy (non-hydrogen) atoms. The minimum atomic E-state index is -0.390. The molecule has 0 saturated carbocycles. The summed E-state index contributed by atoms with van der Waals surface area (Å²) in [6.45, 7) is 1.58. The largest absolute Gasteiger partial charge is 0.386 e. The first-order valence-corrected chi connectivity index (χ1v) is 8.86. The van der Waals surface area contributed by atoms with E-state index in [1.54, 1.807) is 24.4 Å². The smallest absolute Gasteiger partial charge is 0.260 e. The molecule has 126 valence electrons. The highest BCUT2D eigenvalue weighted by molar-refractivity contribution is 9.10. The molecule has 6 heteroatoms. The number of anilines is 1. The second-order valence-corrected chi connectivity index (χ2v) is 7.00. The summed E-state index contributed by atoms with van der Waals surface area (Å²) in [7, 11) is 0. The number of amides is 2. The van der Waals surface area contributed by atoms with Crippen LogP contribution in [0.15, 0.2) is 47.1 Å². The molecular weight excluding hydrogens is 382 g/mol. The van der Waals surface area contributed by atoms with Crippen LogP contribution >= 0.6 is 15.9 Å². The first kappa shape index (κ1) is 15.9. The van der Waals surface area contributed by atoms with Crippen LogP contribution in [0.2, 0.25) is 0 Å². The second kappa shape index (κ2) is 6.37. The number of rotatable bonds is 3. The van der Waals surface area contributed by atoms with Gasteiger partial charge in [-0.25, -0.2) is 0 Å². The zero-order chi connectivity index (χ0) is 17.4. The van der Waals surface area contributed by atoms with Crippen molar-refractivity contribution >= 4 is 39.0 Å². The van der Waals surface area contributed by atoms with Gasteiger partial charge in [0.1, 0.15) is 0 Å². The molecule has 0 spiro atoms. The monoisotopic (exact) mass is 397 g/mol. The fourth-order valence-corrected chi connectivity index (χ4v) is 3.52. The molecule has 2 heterocycles. The lowest BCUT2D eigenvalue weighted by molar-refractivity contribution is -0.114. The summed E-state index contributed by atoms with van der Waals surface area (Å²) in [6.07, 6.45) is 2.74. The first-order valence-electron chi connectivity index (χ1n) is 8.06. The van der Waals surface area contributed by atoms with E-state index in [9.17, 15) is 9.59 Å². The average Bonchev–Trinajstić information content (AvgIpc) is 3.05. The van der Waals surface area contributed by atoms with Gasteiger partial charge in [-0.1, -0.05) is 28.1 Å². The van der Waals surface area contributed by atoms with Crippen molar-refractivity contribution in [3.8, 4) is 0 Å². The van der Waals surface area contributed by atoms with Gasteiger partial charge in [0.2, 0.25) is 0 Å². The molecule has 2 aromatic carbocycles. The van der Waals surface area contributed by atoms with Crippen LogP contribution in [0.1, 0.15) is 27.0 Å². The lowest BCUT2D eigenvalue weighted by Gasteiger charge is -2.18. The minimum Gasteiger partial charge on any atom is -0.386 e. The molecule has 2 amide bonds. The summed E-state index contributed by atoms with van der Waals surface area (Å²) in [5, 5.41) is 8.93. The Hall–Kier alpha value is -2.60. The van der Waals surface area contributed by atoms with E-state index in [1.807, 2.05) is 0 Å². The van der Waals surface area contributed by atoms with Crippen molar-refractivity contribution in [1.29, 1.82) is 0 Å². The van der Waals surface area contributed by atoms with Crippen LogP contribution in [-0.2, 0) is 17.8 Å². The number of nitrogens with one attached hydrogen (secondary N) is 3. The van der Waals surface area contributed by atoms with E-state index < -0.39 is 5.91 Å². The van der Waals surface area contributed by atoms with Crippen LogP contribution in [0.4, 0.5) is 5.69 Å². The van der Waals surface area contributed by atoms with Gasteiger partial charge in [0, 0.05) is 40.6 Å². The Kier molecular flexibility index (Phi) is 4.05. The van der Waals surface area contributed by atoms with Crippen LogP contribution in [0.5, 0.6) is 0 Å². The maximum absolute atomic E-state index is 12.2. The van der Waals surface area contributed by atoms with Gasteiger partial charge in [-0.3, -0.25) is 14.9 Å². The van der Waals surface area contributed by atoms with E-state index in [4.69, 9.17) is 0 Å². The fourth-order valence-electron chi connectivity index (χ4n) is 3.16. The Balaban J connectivity index is 1.57. The number of carbonyl (C=O) groups is 2. The molecule has 2 aromatic rings. The minimum absolute atomic E-state index is 0.366. The van der Waals surface area contributed by atoms with Crippen molar-refractivity contribution in [2.75, 3.05) is 11.9 Å². The van der Waals surface area contributed by atoms with Crippen molar-refractivity contribution in [2.24, 2.45) is 0 Å². The topological polar surface area (TPSA) is 70.2 Å². The zero-order valence-corrected chi connectivity index (χ0v) is 14.9. The van der Waals surface area contributed by atoms with Gasteiger partial charge in [-0.05, 0) is 41.8 Å². The summed E-state index contributed by atoms with van der Waals surface area (Å²) in [4.78, 5) is 24.2. The molecule has 0 radical (unpaired) electrons. The second-order valence-electron chi connectivity index (χ2n) is 6.08. The number of hydrogen-bond donors (Lipinski definition) is 3. The van der Waals surface area contributed by atoms with Crippen LogP contribution < -0.4 is 16.0 Å². The highest BCUT2D eigenvalue weighted by Gasteiger charge is 2.27. The van der Waals surface area contributed by atoms with Crippen LogP contribution in [0.3, 0.4) is 0 Å². The van der Waals surface area contributed by atoms with Crippen LogP contribution in [-0.4, -0.2) is 18.4 Å². The Morgan fingerprint density at radius 3 is 2.84 bits per heavy atom. The summed E-state index contributed by atoms with van der Waals surface area (Å²) in [6, 6.07) is 11.6. The lowest BCUT2D eigenvalue weighted by atomic mass is 9.95. The van der Waals surface area contributed by atoms with E-state index in [2.05, 4.69) is 50.1 Å². The highest BCUT2D eigenvalue weighted by atomic mass is 79.9. The summed E-state index contributed by atoms with van der Waals surface area (Å²) in [5.41, 5.74) is 5.24. The van der Waals surface area contributed by atoms with Crippen LogP contribution in [0.25, 0.3) is 5.57 Å². The molecule has 0 aromatic heterocycles. The van der Waals surface area contributed by atoms with E-state index in [0.29, 0.717) is 23.2 Å². The maximum Gasteiger partial charge on any atom is 0.260 e. The van der Waals surface area contributed by atoms with Gasteiger partial charge in [-0.2, -0.15) is 0 Å². The number of benzene rings is 2. The number of fused-ring (bicyclic) bond motifs is 2. The normalized spacial score (nSPS) is 16.9. The number of halogens is 1. The maximum atomic E-state index is 12.2. The average molecular weight is 398 g/mol. The predicted molar refractivity (Wildman–Crippen MR) is 100 cm³/mol. The predicted octanol–water partition coefficient (Wildman–Crippen LogP) is 2.82. The molecular formula is C19H16BrN3O2. The van der Waals surface area contributed by atoms with Crippen molar-refractivity contribution in [2.45, 2.75) is 13.0 Å². The van der Waals surface area contributed by atoms with Crippen molar-refractivity contribution in [3.63, 3.8) is 0 Å². The van der Waals surface area contributed by atoms with Crippen molar-refractivity contribution in [1.82, 2.24) is 10.6 Å². The number of carbonyl (C=O) groups excluding carboxylic acids is 2. The van der Waals surface area contributed by atoms with Gasteiger partial charge < -0.3 is 10.6 Å². The standard InChI is InChI=1S/C19H16BrN3O2/c20-13-3-4-14-15(8-13)16(19(25)23-18(14)24)10-21-9-11-1-2-12-5-6-22-17(12)7-11/h1-4,7-8,10,21-22H,5-6,9H2,(H,23,24,25)/b16-10-. The van der Waals surface area contributed by atoms with Gasteiger partial charge >= 0.3 is 0 Å². The third-order valence-corrected chi connectivity index (χ3v) is 4.92. The summed E-state index contributed by atoms with van der Waals surface area (Å²) >= 11 is 3.39. The molecule has 0 saturated heterocycles. The van der Waals surface area contributed by atoms with E-state index in [0.717, 1.165) is 23.0 Å². The molecule has 0 unspecified atom stereocenters. The van der Waals surface area contributed by atoms with E-state index >= 15 is 0 Å². The summed E-state index contributed by atoms with van der Waals surface area (Å²) < 4.78 is 0.823. The molecule has 0 fully saturated rings. The number of hydrogen-bond acceptors (Lipinski definition) is 4. The Labute approximate surface area is 153 Å². The molecule has 3 N–H and O–H groups in total. The molecule has 0 atom stereocenters. The molecule has 0 aliphatic carbocycles. The third kappa shape index (κ3) is 3.05. The quantitative estimate of drug-likeness (QED) is 0.550. The fraction of sp³-hybridized carbons (Fsp3) is 0.158. The molecule has 2 aliphatic heterocycles. The van der Waals surface area contributed by atoms with Crippen molar-refractivity contribution < 1.29 is 9.59 Å². The van der Waals surface area contributed by atoms with E-state index in [-0.39, 0.29) is 5.91 Å². The third-order valence-electron chi connectivity index (χ3n) is 4.42. The lowest BCUT2D eigenvalue weighted by Crippen LogP contribution is -2.37. The van der Waals surface area contributed by atoms with Gasteiger partial charge in [0.05, 0.1) is 5.57 Å². The molecule has 4 rings (SSSR count). The van der Waals surface area contributed by atoms with Crippen LogP contribution in [0, 0.1) is 0 Å². The molecule has 0 bridgehead atoms. The van der Waals surface area contributed by atoms with Gasteiger partial charge in [0.15, 0.2) is 0 Å². The van der Waals surface area contributed by atoms with Gasteiger partial charge in [-0.15, -0.1) is 0 Å². The van der Waals surface area contributed by atoms with Crippen molar-refractivity contribution in [3.05, 3.63) is 69.3 Å². The molecule has 2 aliphatic rings. The first-order chi connectivity index (χ1) is 12.1. The summed E-state index contributed by atoms with van der Waals surface area (Å²) in [5.74, 6) is -0.756. The van der Waals surface area contributed by atoms with Gasteiger partial charge in [0.25, 0.3) is 11.8 Å². The Bertz CT molecular complexity index is 921.